The molecular weight excluding hydrogens is 168 g/mol. The third-order valence-corrected chi connectivity index (χ3v) is 2.34. The Kier molecular flexibility index (Phi) is 3.70. The summed E-state index contributed by atoms with van der Waals surface area (Å²) in [5, 5.41) is 3.24. The van der Waals surface area contributed by atoms with Crippen molar-refractivity contribution in [2.24, 2.45) is 10.7 Å². The minimum Gasteiger partial charge on any atom is -0.390 e. The van der Waals surface area contributed by atoms with Crippen LogP contribution in [-0.2, 0) is 0 Å². The third-order valence-electron chi connectivity index (χ3n) is 2.34. The van der Waals surface area contributed by atoms with Gasteiger partial charge >= 0.3 is 6.03 Å². The van der Waals surface area contributed by atoms with E-state index in [0.29, 0.717) is 6.04 Å². The molecule has 5 heteroatoms. The maximum Gasteiger partial charge on any atom is 0.344 e. The number of carbonyl (C=O) groups is 1. The number of piperidine rings is 1. The molecule has 0 aromatic rings. The summed E-state index contributed by atoms with van der Waals surface area (Å²) < 4.78 is 0. The molecule has 1 rings (SSSR count). The van der Waals surface area contributed by atoms with Crippen molar-refractivity contribution in [3.63, 3.8) is 0 Å². The van der Waals surface area contributed by atoms with E-state index in [1.54, 1.807) is 11.9 Å². The number of amides is 2. The van der Waals surface area contributed by atoms with Crippen LogP contribution in [0.2, 0.25) is 0 Å². The molecule has 0 bridgehead atoms. The molecule has 1 saturated heterocycles. The largest absolute Gasteiger partial charge is 0.390 e. The Balaban J connectivity index is 2.44. The van der Waals surface area contributed by atoms with Gasteiger partial charge in [-0.1, -0.05) is 0 Å². The summed E-state index contributed by atoms with van der Waals surface area (Å²) in [6.45, 7) is 1.93. The normalized spacial score (nSPS) is 19.2. The van der Waals surface area contributed by atoms with Crippen molar-refractivity contribution >= 4 is 12.4 Å². The molecular formula is C8H16N4O. The smallest absolute Gasteiger partial charge is 0.344 e. The zero-order valence-corrected chi connectivity index (χ0v) is 7.86. The van der Waals surface area contributed by atoms with Gasteiger partial charge in [-0.25, -0.2) is 4.79 Å². The molecule has 0 radical (unpaired) electrons. The molecule has 2 amide bonds. The van der Waals surface area contributed by atoms with E-state index in [1.807, 2.05) is 0 Å². The van der Waals surface area contributed by atoms with Crippen molar-refractivity contribution in [1.82, 2.24) is 10.2 Å². The van der Waals surface area contributed by atoms with Crippen LogP contribution < -0.4 is 11.1 Å². The van der Waals surface area contributed by atoms with Crippen molar-refractivity contribution < 1.29 is 4.79 Å². The molecule has 1 fully saturated rings. The van der Waals surface area contributed by atoms with E-state index in [4.69, 9.17) is 5.73 Å². The topological polar surface area (TPSA) is 70.7 Å². The van der Waals surface area contributed by atoms with Crippen LogP contribution in [0.25, 0.3) is 0 Å². The predicted octanol–water partition coefficient (Wildman–Crippen LogP) is -0.223. The van der Waals surface area contributed by atoms with Crippen LogP contribution in [-0.4, -0.2) is 43.4 Å². The lowest BCUT2D eigenvalue weighted by Gasteiger charge is -2.30. The Labute approximate surface area is 78.0 Å². The van der Waals surface area contributed by atoms with E-state index in [2.05, 4.69) is 10.3 Å². The highest BCUT2D eigenvalue weighted by Gasteiger charge is 2.20. The molecule has 0 spiro atoms. The molecule has 0 aromatic carbocycles. The van der Waals surface area contributed by atoms with Gasteiger partial charge < -0.3 is 16.0 Å². The molecule has 1 aliphatic rings. The molecule has 13 heavy (non-hydrogen) atoms. The molecule has 5 nitrogen and oxygen atoms in total. The number of urea groups is 1. The molecule has 0 aliphatic carbocycles. The lowest BCUT2D eigenvalue weighted by atomic mass is 10.1. The van der Waals surface area contributed by atoms with Gasteiger partial charge in [0.25, 0.3) is 0 Å². The highest BCUT2D eigenvalue weighted by atomic mass is 16.2. The summed E-state index contributed by atoms with van der Waals surface area (Å²) >= 11 is 0. The minimum atomic E-state index is -0.255. The number of nitrogens with two attached hydrogens (primary N) is 1. The number of carbonyl (C=O) groups excluding carboxylic acids is 1. The van der Waals surface area contributed by atoms with E-state index < -0.39 is 0 Å². The van der Waals surface area contributed by atoms with Gasteiger partial charge in [0.1, 0.15) is 0 Å². The third kappa shape index (κ3) is 2.69. The summed E-state index contributed by atoms with van der Waals surface area (Å²) in [5.41, 5.74) is 5.05. The maximum atomic E-state index is 11.3. The number of hydrogen-bond donors (Lipinski definition) is 2. The van der Waals surface area contributed by atoms with Gasteiger partial charge in [0.15, 0.2) is 0 Å². The van der Waals surface area contributed by atoms with E-state index in [9.17, 15) is 4.79 Å². The average Bonchev–Trinajstić information content (AvgIpc) is 2.18. The number of aliphatic imine (C=N–C) groups is 1. The number of rotatable bonds is 1. The van der Waals surface area contributed by atoms with Crippen LogP contribution in [0, 0.1) is 0 Å². The van der Waals surface area contributed by atoms with Gasteiger partial charge in [-0.2, -0.15) is 4.99 Å². The second kappa shape index (κ2) is 4.81. The van der Waals surface area contributed by atoms with Crippen LogP contribution in [0.15, 0.2) is 4.99 Å². The number of nitrogens with zero attached hydrogens (tertiary/aromatic N) is 2. The first-order valence-corrected chi connectivity index (χ1v) is 4.47. The highest BCUT2D eigenvalue weighted by Crippen LogP contribution is 2.10. The van der Waals surface area contributed by atoms with Crippen molar-refractivity contribution in [2.45, 2.75) is 18.9 Å². The van der Waals surface area contributed by atoms with Gasteiger partial charge in [-0.05, 0) is 25.9 Å². The fourth-order valence-electron chi connectivity index (χ4n) is 1.50. The van der Waals surface area contributed by atoms with Crippen molar-refractivity contribution in [2.75, 3.05) is 20.1 Å². The molecule has 0 unspecified atom stereocenters. The Morgan fingerprint density at radius 3 is 2.77 bits per heavy atom. The Hall–Kier alpha value is -1.10. The fraction of sp³-hybridized carbons (Fsp3) is 0.750. The van der Waals surface area contributed by atoms with Gasteiger partial charge in [0.05, 0.1) is 6.34 Å². The highest BCUT2D eigenvalue weighted by molar-refractivity contribution is 5.82. The van der Waals surface area contributed by atoms with Crippen LogP contribution in [0.1, 0.15) is 12.8 Å². The van der Waals surface area contributed by atoms with Gasteiger partial charge in [0.2, 0.25) is 0 Å². The summed E-state index contributed by atoms with van der Waals surface area (Å²) in [6, 6.07) is 0.0480. The van der Waals surface area contributed by atoms with Gasteiger partial charge in [0, 0.05) is 13.1 Å². The molecule has 0 saturated carbocycles. The SMILES string of the molecule is CN(C(=O)N=CN)C1CCNCC1. The van der Waals surface area contributed by atoms with Crippen LogP contribution in [0.4, 0.5) is 4.79 Å². The Morgan fingerprint density at radius 2 is 2.23 bits per heavy atom. The zero-order chi connectivity index (χ0) is 9.68. The second-order valence-corrected chi connectivity index (χ2v) is 3.15. The number of nitrogens with one attached hydrogen (secondary N) is 1. The fourth-order valence-corrected chi connectivity index (χ4v) is 1.50. The average molecular weight is 184 g/mol. The lowest BCUT2D eigenvalue weighted by molar-refractivity contribution is 0.186. The van der Waals surface area contributed by atoms with Crippen LogP contribution in [0.5, 0.6) is 0 Å². The van der Waals surface area contributed by atoms with Crippen molar-refractivity contribution in [3.8, 4) is 0 Å². The van der Waals surface area contributed by atoms with E-state index in [-0.39, 0.29) is 6.03 Å². The monoisotopic (exact) mass is 184 g/mol. The zero-order valence-electron chi connectivity index (χ0n) is 7.86. The van der Waals surface area contributed by atoms with Gasteiger partial charge in [-0.3, -0.25) is 0 Å². The number of hydrogen-bond acceptors (Lipinski definition) is 2. The minimum absolute atomic E-state index is 0.255. The molecule has 74 valence electrons. The molecule has 1 heterocycles. The molecule has 1 aliphatic heterocycles. The Morgan fingerprint density at radius 1 is 1.62 bits per heavy atom. The molecule has 0 aromatic heterocycles. The molecule has 3 N–H and O–H groups in total. The molecule has 0 atom stereocenters. The second-order valence-electron chi connectivity index (χ2n) is 3.15. The summed E-state index contributed by atoms with van der Waals surface area (Å²) in [6.07, 6.45) is 3.02. The van der Waals surface area contributed by atoms with Gasteiger partial charge in [-0.15, -0.1) is 0 Å². The summed E-state index contributed by atoms with van der Waals surface area (Å²) in [5.74, 6) is 0. The lowest BCUT2D eigenvalue weighted by Crippen LogP contribution is -2.43. The maximum absolute atomic E-state index is 11.3. The van der Waals surface area contributed by atoms with Crippen molar-refractivity contribution in [1.29, 1.82) is 0 Å². The standard InChI is InChI=1S/C8H16N4O/c1-12(8(13)11-6-9)7-2-4-10-5-3-7/h6-7,10H,2-5H2,1H3,(H2,9,11,13). The first kappa shape index (κ1) is 9.98. The van der Waals surface area contributed by atoms with E-state index >= 15 is 0 Å². The van der Waals surface area contributed by atoms with Crippen molar-refractivity contribution in [3.05, 3.63) is 0 Å². The first-order valence-electron chi connectivity index (χ1n) is 4.47. The van der Waals surface area contributed by atoms with Crippen LogP contribution >= 0.6 is 0 Å². The summed E-state index contributed by atoms with van der Waals surface area (Å²) in [7, 11) is 1.77. The quantitative estimate of drug-likeness (QED) is 0.437. The Bertz CT molecular complexity index is 198. The summed E-state index contributed by atoms with van der Waals surface area (Å²) in [4.78, 5) is 16.4. The van der Waals surface area contributed by atoms with E-state index in [0.717, 1.165) is 32.3 Å². The first-order chi connectivity index (χ1) is 6.25. The van der Waals surface area contributed by atoms with E-state index in [1.165, 1.54) is 0 Å². The predicted molar refractivity (Wildman–Crippen MR) is 51.7 cm³/mol. The van der Waals surface area contributed by atoms with Crippen LogP contribution in [0.3, 0.4) is 0 Å².